The molecular formula is C38H37FN4O5. The van der Waals surface area contributed by atoms with Crippen molar-refractivity contribution in [2.75, 3.05) is 26.1 Å². The van der Waals surface area contributed by atoms with E-state index in [4.69, 9.17) is 19.2 Å². The lowest BCUT2D eigenvalue weighted by Gasteiger charge is -2.17. The number of aromatic nitrogens is 2. The van der Waals surface area contributed by atoms with Gasteiger partial charge < -0.3 is 19.5 Å². The summed E-state index contributed by atoms with van der Waals surface area (Å²) in [4.78, 5) is 31.4. The van der Waals surface area contributed by atoms with Crippen molar-refractivity contribution in [2.45, 2.75) is 33.1 Å². The molecule has 4 aromatic carbocycles. The number of rotatable bonds is 12. The minimum atomic E-state index is -0.427. The van der Waals surface area contributed by atoms with Crippen LogP contribution in [0.1, 0.15) is 42.0 Å². The van der Waals surface area contributed by atoms with Crippen molar-refractivity contribution in [3.63, 3.8) is 0 Å². The quantitative estimate of drug-likeness (QED) is 0.113. The molecule has 0 aliphatic carbocycles. The Balaban J connectivity index is 1.54. The minimum absolute atomic E-state index is 0.161. The van der Waals surface area contributed by atoms with Crippen molar-refractivity contribution in [3.8, 4) is 28.6 Å². The fourth-order valence-electron chi connectivity index (χ4n) is 5.35. The SMILES string of the molecule is C=CCc1cc(C=Nn2c(-c3cc(C(C)C)c(OC)cc3C)nc3ccccc3c2=O)cc(OC)c1OCC(=O)Nc1ccc(F)cc1. The van der Waals surface area contributed by atoms with Gasteiger partial charge >= 0.3 is 0 Å². The Morgan fingerprint density at radius 3 is 2.46 bits per heavy atom. The maximum Gasteiger partial charge on any atom is 0.282 e. The number of carbonyl (C=O) groups is 1. The summed E-state index contributed by atoms with van der Waals surface area (Å²) >= 11 is 0. The molecule has 0 bridgehead atoms. The smallest absolute Gasteiger partial charge is 0.282 e. The number of allylic oxidation sites excluding steroid dienone is 1. The molecule has 0 aliphatic rings. The normalized spacial score (nSPS) is 11.2. The minimum Gasteiger partial charge on any atom is -0.496 e. The summed E-state index contributed by atoms with van der Waals surface area (Å²) in [6.07, 6.45) is 3.66. The Hall–Kier alpha value is -5.77. The van der Waals surface area contributed by atoms with Crippen LogP contribution in [0.2, 0.25) is 0 Å². The van der Waals surface area contributed by atoms with Gasteiger partial charge in [-0.1, -0.05) is 32.1 Å². The summed E-state index contributed by atoms with van der Waals surface area (Å²) < 4.78 is 31.8. The number of nitrogens with zero attached hydrogens (tertiary/aromatic N) is 3. The van der Waals surface area contributed by atoms with Gasteiger partial charge in [0.25, 0.3) is 11.5 Å². The highest BCUT2D eigenvalue weighted by Gasteiger charge is 2.19. The Morgan fingerprint density at radius 2 is 1.77 bits per heavy atom. The van der Waals surface area contributed by atoms with Crippen LogP contribution in [0, 0.1) is 12.7 Å². The second kappa shape index (κ2) is 14.8. The molecule has 10 heteroatoms. The molecule has 0 unspecified atom stereocenters. The zero-order valence-electron chi connectivity index (χ0n) is 27.5. The number of methoxy groups -OCH3 is 2. The van der Waals surface area contributed by atoms with Crippen molar-refractivity contribution >= 4 is 28.7 Å². The molecule has 0 saturated carbocycles. The fraction of sp³-hybridized carbons (Fsp3) is 0.211. The number of benzene rings is 4. The monoisotopic (exact) mass is 648 g/mol. The van der Waals surface area contributed by atoms with Gasteiger partial charge in [0.2, 0.25) is 0 Å². The number of fused-ring (bicyclic) bond motifs is 1. The van der Waals surface area contributed by atoms with E-state index in [1.807, 2.05) is 37.3 Å². The number of para-hydroxylation sites is 1. The molecule has 9 nitrogen and oxygen atoms in total. The molecule has 48 heavy (non-hydrogen) atoms. The van der Waals surface area contributed by atoms with Crippen LogP contribution < -0.4 is 25.1 Å². The number of anilines is 1. The van der Waals surface area contributed by atoms with Crippen molar-refractivity contribution in [1.29, 1.82) is 0 Å². The topological polar surface area (TPSA) is 104 Å². The van der Waals surface area contributed by atoms with Gasteiger partial charge in [-0.2, -0.15) is 9.78 Å². The molecule has 1 N–H and O–H groups in total. The van der Waals surface area contributed by atoms with Gasteiger partial charge in [-0.3, -0.25) is 9.59 Å². The highest BCUT2D eigenvalue weighted by Crippen LogP contribution is 2.35. The lowest BCUT2D eigenvalue weighted by molar-refractivity contribution is -0.118. The summed E-state index contributed by atoms with van der Waals surface area (Å²) in [5.41, 5.74) is 4.61. The van der Waals surface area contributed by atoms with E-state index in [-0.39, 0.29) is 18.1 Å². The fourth-order valence-corrected chi connectivity index (χ4v) is 5.35. The van der Waals surface area contributed by atoms with Gasteiger partial charge in [0.15, 0.2) is 23.9 Å². The zero-order valence-corrected chi connectivity index (χ0v) is 27.5. The van der Waals surface area contributed by atoms with Crippen LogP contribution >= 0.6 is 0 Å². The first-order chi connectivity index (χ1) is 23.1. The zero-order chi connectivity index (χ0) is 34.4. The summed E-state index contributed by atoms with van der Waals surface area (Å²) in [5, 5.41) is 7.77. The molecule has 5 rings (SSSR count). The van der Waals surface area contributed by atoms with E-state index in [2.05, 4.69) is 30.8 Å². The highest BCUT2D eigenvalue weighted by molar-refractivity contribution is 5.92. The van der Waals surface area contributed by atoms with E-state index in [0.29, 0.717) is 51.5 Å². The number of ether oxygens (including phenoxy) is 3. The molecule has 5 aromatic rings. The van der Waals surface area contributed by atoms with Crippen molar-refractivity contribution in [3.05, 3.63) is 124 Å². The van der Waals surface area contributed by atoms with Gasteiger partial charge in [0, 0.05) is 16.8 Å². The highest BCUT2D eigenvalue weighted by atomic mass is 19.1. The number of halogens is 1. The summed E-state index contributed by atoms with van der Waals surface area (Å²) in [6.45, 7) is 9.65. The lowest BCUT2D eigenvalue weighted by atomic mass is 9.96. The molecule has 0 aliphatic heterocycles. The first-order valence-corrected chi connectivity index (χ1v) is 15.4. The average molecular weight is 649 g/mol. The van der Waals surface area contributed by atoms with Crippen LogP contribution in [0.3, 0.4) is 0 Å². The lowest BCUT2D eigenvalue weighted by Crippen LogP contribution is -2.21. The second-order valence-electron chi connectivity index (χ2n) is 11.4. The van der Waals surface area contributed by atoms with E-state index >= 15 is 0 Å². The first kappa shape index (κ1) is 33.6. The van der Waals surface area contributed by atoms with Crippen LogP contribution in [0.15, 0.2) is 95.3 Å². The van der Waals surface area contributed by atoms with Gasteiger partial charge in [-0.15, -0.1) is 6.58 Å². The summed E-state index contributed by atoms with van der Waals surface area (Å²) in [6, 6.07) is 20.1. The molecule has 0 saturated heterocycles. The van der Waals surface area contributed by atoms with E-state index in [9.17, 15) is 14.0 Å². The molecule has 1 aromatic heterocycles. The number of hydrogen-bond donors (Lipinski definition) is 1. The number of nitrogens with one attached hydrogen (secondary N) is 1. The van der Waals surface area contributed by atoms with E-state index in [1.54, 1.807) is 37.6 Å². The second-order valence-corrected chi connectivity index (χ2v) is 11.4. The Labute approximate surface area is 278 Å². The molecule has 246 valence electrons. The molecule has 0 spiro atoms. The van der Waals surface area contributed by atoms with E-state index in [0.717, 1.165) is 22.4 Å². The summed E-state index contributed by atoms with van der Waals surface area (Å²) in [7, 11) is 3.14. The Morgan fingerprint density at radius 1 is 1.04 bits per heavy atom. The molecule has 0 radical (unpaired) electrons. The first-order valence-electron chi connectivity index (χ1n) is 15.4. The van der Waals surface area contributed by atoms with Crippen LogP contribution in [0.5, 0.6) is 17.2 Å². The van der Waals surface area contributed by atoms with Crippen LogP contribution in [-0.4, -0.2) is 42.6 Å². The Bertz CT molecular complexity index is 2070. The standard InChI is InChI=1S/C38H37FN4O5/c1-7-10-26-18-25(19-34(47-6)36(26)48-22-35(44)41-28-15-13-27(39)14-16-28)21-40-43-37(42-32-12-9-8-11-29(32)38(43)45)31-20-30(23(2)3)33(46-5)17-24(31)4/h7-9,11-21,23H,1,10,22H2,2-6H3,(H,41,44). The largest absolute Gasteiger partial charge is 0.496 e. The molecule has 0 atom stereocenters. The number of hydrogen-bond acceptors (Lipinski definition) is 7. The van der Waals surface area contributed by atoms with Gasteiger partial charge in [0.05, 0.1) is 31.3 Å². The molecule has 0 fully saturated rings. The number of carbonyl (C=O) groups excluding carboxylic acids is 1. The maximum absolute atomic E-state index is 13.9. The van der Waals surface area contributed by atoms with E-state index < -0.39 is 11.7 Å². The maximum atomic E-state index is 13.9. The summed E-state index contributed by atoms with van der Waals surface area (Å²) in [5.74, 6) is 1.22. The predicted molar refractivity (Wildman–Crippen MR) is 187 cm³/mol. The van der Waals surface area contributed by atoms with E-state index in [1.165, 1.54) is 36.1 Å². The molecular weight excluding hydrogens is 611 g/mol. The van der Waals surface area contributed by atoms with Gasteiger partial charge in [0.1, 0.15) is 11.6 Å². The van der Waals surface area contributed by atoms with Crippen molar-refractivity contribution in [1.82, 2.24) is 9.66 Å². The predicted octanol–water partition coefficient (Wildman–Crippen LogP) is 7.28. The third-order valence-electron chi connectivity index (χ3n) is 7.73. The van der Waals surface area contributed by atoms with Crippen LogP contribution in [-0.2, 0) is 11.2 Å². The molecule has 1 amide bonds. The Kier molecular flexibility index (Phi) is 10.3. The number of amides is 1. The number of aryl methyl sites for hydroxylation is 1. The van der Waals surface area contributed by atoms with Crippen molar-refractivity contribution < 1.29 is 23.4 Å². The van der Waals surface area contributed by atoms with Crippen molar-refractivity contribution in [2.24, 2.45) is 5.10 Å². The van der Waals surface area contributed by atoms with Gasteiger partial charge in [-0.05, 0) is 96.6 Å². The average Bonchev–Trinajstić information content (AvgIpc) is 3.08. The van der Waals surface area contributed by atoms with Gasteiger partial charge in [-0.25, -0.2) is 9.37 Å². The third kappa shape index (κ3) is 7.28. The van der Waals surface area contributed by atoms with Crippen LogP contribution in [0.25, 0.3) is 22.3 Å². The third-order valence-corrected chi connectivity index (χ3v) is 7.73. The molecule has 1 heterocycles. The van der Waals surface area contributed by atoms with Crippen LogP contribution in [0.4, 0.5) is 10.1 Å².